The Morgan fingerprint density at radius 2 is 1.97 bits per heavy atom. The molecule has 10 nitrogen and oxygen atoms in total. The molecule has 0 bridgehead atoms. The molecule has 0 radical (unpaired) electrons. The Morgan fingerprint density at radius 3 is 2.64 bits per heavy atom. The molecule has 0 spiro atoms. The van der Waals surface area contributed by atoms with Gasteiger partial charge in [0.2, 0.25) is 0 Å². The Labute approximate surface area is 190 Å². The summed E-state index contributed by atoms with van der Waals surface area (Å²) < 4.78 is 6.35. The molecule has 3 rings (SSSR count). The molecule has 174 valence electrons. The number of anilines is 2. The van der Waals surface area contributed by atoms with Gasteiger partial charge in [0.05, 0.1) is 17.4 Å². The summed E-state index contributed by atoms with van der Waals surface area (Å²) in [5, 5.41) is 18.3. The van der Waals surface area contributed by atoms with Gasteiger partial charge in [-0.3, -0.25) is 14.6 Å². The van der Waals surface area contributed by atoms with Crippen molar-refractivity contribution in [2.45, 2.75) is 46.4 Å². The topological polar surface area (TPSA) is 149 Å². The first-order valence-electron chi connectivity index (χ1n) is 10.6. The van der Waals surface area contributed by atoms with E-state index >= 15 is 0 Å². The van der Waals surface area contributed by atoms with Crippen molar-refractivity contribution in [2.75, 3.05) is 5.32 Å². The van der Waals surface area contributed by atoms with Crippen molar-refractivity contribution >= 4 is 34.1 Å². The van der Waals surface area contributed by atoms with Crippen molar-refractivity contribution < 1.29 is 19.4 Å². The van der Waals surface area contributed by atoms with Crippen LogP contribution in [0, 0.1) is 5.92 Å². The van der Waals surface area contributed by atoms with Crippen LogP contribution in [0.3, 0.4) is 0 Å². The number of carboxylic acids is 1. The molecule has 0 aliphatic carbocycles. The summed E-state index contributed by atoms with van der Waals surface area (Å²) >= 11 is 0. The van der Waals surface area contributed by atoms with Crippen LogP contribution in [0.5, 0.6) is 0 Å². The number of hydrogen-bond donors (Lipinski definition) is 3. The average molecular weight is 453 g/mol. The largest absolute Gasteiger partial charge is 0.476 e. The maximum Gasteiger partial charge on any atom is 0.356 e. The predicted molar refractivity (Wildman–Crippen MR) is 123 cm³/mol. The first-order valence-corrected chi connectivity index (χ1v) is 10.6. The van der Waals surface area contributed by atoms with E-state index in [0.717, 1.165) is 15.5 Å². The molecule has 0 aliphatic heterocycles. The molecular formula is C23H27N5O5. The molecule has 2 aromatic heterocycles. The average Bonchev–Trinajstić information content (AvgIpc) is 2.78. The van der Waals surface area contributed by atoms with Crippen molar-refractivity contribution in [3.8, 4) is 0 Å². The maximum absolute atomic E-state index is 13.1. The molecule has 1 aromatic carbocycles. The lowest BCUT2D eigenvalue weighted by Gasteiger charge is -2.18. The van der Waals surface area contributed by atoms with Crippen LogP contribution in [0.15, 0.2) is 41.5 Å². The van der Waals surface area contributed by atoms with E-state index in [0.29, 0.717) is 12.1 Å². The van der Waals surface area contributed by atoms with Gasteiger partial charge in [0, 0.05) is 23.5 Å². The van der Waals surface area contributed by atoms with Crippen LogP contribution in [0.2, 0.25) is 0 Å². The highest BCUT2D eigenvalue weighted by molar-refractivity contribution is 5.95. The fraction of sp³-hybridized carbons (Fsp3) is 0.348. The second-order valence-electron chi connectivity index (χ2n) is 8.01. The number of rotatable bonds is 9. The van der Waals surface area contributed by atoms with Crippen molar-refractivity contribution in [1.29, 1.82) is 0 Å². The minimum absolute atomic E-state index is 0.0461. The highest BCUT2D eigenvalue weighted by Gasteiger charge is 2.25. The predicted octanol–water partition coefficient (Wildman–Crippen LogP) is 2.67. The molecule has 0 unspecified atom stereocenters. The first-order chi connectivity index (χ1) is 15.7. The highest BCUT2D eigenvalue weighted by Crippen LogP contribution is 2.27. The van der Waals surface area contributed by atoms with E-state index in [9.17, 15) is 19.5 Å². The molecule has 0 amide bonds. The molecule has 0 aliphatic rings. The number of hydrogen-bond acceptors (Lipinski definition) is 8. The zero-order valence-electron chi connectivity index (χ0n) is 18.7. The number of carbonyl (C=O) groups is 2. The van der Waals surface area contributed by atoms with Gasteiger partial charge in [-0.1, -0.05) is 38.1 Å². The molecular weight excluding hydrogens is 426 g/mol. The van der Waals surface area contributed by atoms with Crippen LogP contribution in [0.25, 0.3) is 10.8 Å². The quantitative estimate of drug-likeness (QED) is 0.416. The maximum atomic E-state index is 13.1. The lowest BCUT2D eigenvalue weighted by Crippen LogP contribution is -2.34. The van der Waals surface area contributed by atoms with Gasteiger partial charge < -0.3 is 20.9 Å². The number of aromatic carboxylic acids is 1. The summed E-state index contributed by atoms with van der Waals surface area (Å²) in [6.07, 6.45) is 3.62. The normalized spacial score (nSPS) is 12.0. The Morgan fingerprint density at radius 1 is 1.24 bits per heavy atom. The number of carboxylic acid groups (broad SMARTS) is 1. The van der Waals surface area contributed by atoms with Crippen molar-refractivity contribution in [2.24, 2.45) is 11.7 Å². The number of nitrogens with two attached hydrogens (primary N) is 1. The lowest BCUT2D eigenvalue weighted by molar-refractivity contribution is -0.146. The Balaban J connectivity index is 2.07. The number of benzene rings is 1. The van der Waals surface area contributed by atoms with E-state index < -0.39 is 35.8 Å². The molecule has 0 saturated heterocycles. The number of fused-ring (bicyclic) bond motifs is 1. The van der Waals surface area contributed by atoms with Gasteiger partial charge >= 0.3 is 11.9 Å². The molecule has 0 fully saturated rings. The third kappa shape index (κ3) is 5.35. The molecule has 0 saturated carbocycles. The fourth-order valence-electron chi connectivity index (χ4n) is 3.46. The van der Waals surface area contributed by atoms with Crippen LogP contribution < -0.4 is 16.6 Å². The number of esters is 1. The van der Waals surface area contributed by atoms with Gasteiger partial charge in [-0.05, 0) is 19.3 Å². The van der Waals surface area contributed by atoms with Crippen LogP contribution in [-0.4, -0.2) is 37.9 Å². The van der Waals surface area contributed by atoms with Gasteiger partial charge in [-0.2, -0.15) is 5.10 Å². The van der Waals surface area contributed by atoms with Crippen LogP contribution in [0.1, 0.15) is 43.2 Å². The Bertz CT molecular complexity index is 1230. The minimum atomic E-state index is -1.35. The third-order valence-corrected chi connectivity index (χ3v) is 5.07. The summed E-state index contributed by atoms with van der Waals surface area (Å²) in [6, 6.07) is 6.55. The number of nitrogens with zero attached hydrogens (tertiary/aromatic N) is 3. The zero-order chi connectivity index (χ0) is 24.1. The van der Waals surface area contributed by atoms with Crippen molar-refractivity contribution in [1.82, 2.24) is 14.8 Å². The lowest BCUT2D eigenvalue weighted by atomic mass is 10.0. The molecule has 3 aromatic rings. The number of aromatic nitrogens is 3. The molecule has 1 atom stereocenters. The van der Waals surface area contributed by atoms with Crippen LogP contribution in [-0.2, 0) is 22.7 Å². The van der Waals surface area contributed by atoms with Crippen LogP contribution >= 0.6 is 0 Å². The summed E-state index contributed by atoms with van der Waals surface area (Å²) in [4.78, 5) is 41.6. The van der Waals surface area contributed by atoms with E-state index in [4.69, 9.17) is 10.5 Å². The zero-order valence-corrected chi connectivity index (χ0v) is 18.7. The fourth-order valence-corrected chi connectivity index (χ4v) is 3.46. The molecule has 10 heteroatoms. The van der Waals surface area contributed by atoms with Gasteiger partial charge in [0.1, 0.15) is 18.3 Å². The Hall–Kier alpha value is -3.79. The van der Waals surface area contributed by atoms with E-state index in [1.54, 1.807) is 13.1 Å². The van der Waals surface area contributed by atoms with E-state index in [-0.39, 0.29) is 23.7 Å². The monoisotopic (exact) mass is 453 g/mol. The van der Waals surface area contributed by atoms with E-state index in [2.05, 4.69) is 15.4 Å². The van der Waals surface area contributed by atoms with Crippen molar-refractivity contribution in [3.05, 3.63) is 58.3 Å². The SMILES string of the molecule is CCn1nc(C(=O)O)c(COC(=O)[C@@H](N)CC(C)C)c(Nc2cncc3ccccc23)c1=O. The third-order valence-electron chi connectivity index (χ3n) is 5.07. The number of nitrogens with one attached hydrogen (secondary N) is 1. The summed E-state index contributed by atoms with van der Waals surface area (Å²) in [5.74, 6) is -1.86. The van der Waals surface area contributed by atoms with E-state index in [1.165, 1.54) is 6.20 Å². The van der Waals surface area contributed by atoms with Gasteiger partial charge in [0.15, 0.2) is 5.69 Å². The summed E-state index contributed by atoms with van der Waals surface area (Å²) in [7, 11) is 0. The molecule has 33 heavy (non-hydrogen) atoms. The first kappa shape index (κ1) is 23.9. The minimum Gasteiger partial charge on any atom is -0.476 e. The van der Waals surface area contributed by atoms with Crippen molar-refractivity contribution in [3.63, 3.8) is 0 Å². The second-order valence-corrected chi connectivity index (χ2v) is 8.01. The number of pyridine rings is 1. The van der Waals surface area contributed by atoms with Gasteiger partial charge in [-0.15, -0.1) is 0 Å². The second kappa shape index (κ2) is 10.2. The van der Waals surface area contributed by atoms with E-state index in [1.807, 2.05) is 38.1 Å². The standard InChI is InChI=1S/C23H27N5O5/c1-4-28-21(29)19(26-18-11-25-10-14-7-5-6-8-15(14)18)16(20(27-28)22(30)31)12-33-23(32)17(24)9-13(2)3/h5-8,10-11,13,17,26H,4,9,12,24H2,1-3H3,(H,30,31)/t17-/m0/s1. The number of aryl methyl sites for hydroxylation is 1. The smallest absolute Gasteiger partial charge is 0.356 e. The number of ether oxygens (including phenoxy) is 1. The summed E-state index contributed by atoms with van der Waals surface area (Å²) in [5.41, 5.74) is 5.35. The van der Waals surface area contributed by atoms with Gasteiger partial charge in [0.25, 0.3) is 5.56 Å². The highest BCUT2D eigenvalue weighted by atomic mass is 16.5. The number of carbonyl (C=O) groups excluding carboxylic acids is 1. The Kier molecular flexibility index (Phi) is 7.39. The summed E-state index contributed by atoms with van der Waals surface area (Å²) in [6.45, 7) is 5.20. The van der Waals surface area contributed by atoms with Crippen LogP contribution in [0.4, 0.5) is 11.4 Å². The molecule has 4 N–H and O–H groups in total. The molecule has 2 heterocycles. The van der Waals surface area contributed by atoms with Gasteiger partial charge in [-0.25, -0.2) is 9.48 Å².